The molecule has 5 nitrogen and oxygen atoms in total. The molecule has 1 aromatic heterocycles. The van der Waals surface area contributed by atoms with Crippen molar-refractivity contribution in [1.29, 1.82) is 0 Å². The minimum atomic E-state index is -3.81. The third kappa shape index (κ3) is 3.22. The van der Waals surface area contributed by atoms with Gasteiger partial charge in [0, 0.05) is 32.1 Å². The minimum absolute atomic E-state index is 0.225. The Bertz CT molecular complexity index is 810. The summed E-state index contributed by atoms with van der Waals surface area (Å²) in [5.74, 6) is 0. The highest BCUT2D eigenvalue weighted by molar-refractivity contribution is 7.89. The van der Waals surface area contributed by atoms with Gasteiger partial charge in [-0.3, -0.25) is 4.79 Å². The van der Waals surface area contributed by atoms with Gasteiger partial charge in [-0.15, -0.1) is 0 Å². The smallest absolute Gasteiger partial charge is 0.248 e. The molecule has 1 aromatic carbocycles. The predicted molar refractivity (Wildman–Crippen MR) is 81.6 cm³/mol. The van der Waals surface area contributed by atoms with Crippen molar-refractivity contribution in [3.8, 4) is 0 Å². The van der Waals surface area contributed by atoms with Crippen molar-refractivity contribution in [3.63, 3.8) is 0 Å². The predicted octanol–water partition coefficient (Wildman–Crippen LogP) is 1.81. The van der Waals surface area contributed by atoms with Crippen molar-refractivity contribution in [2.45, 2.75) is 25.3 Å². The van der Waals surface area contributed by atoms with Crippen molar-refractivity contribution in [2.24, 2.45) is 0 Å². The van der Waals surface area contributed by atoms with Gasteiger partial charge in [0.1, 0.15) is 4.90 Å². The number of hydrogen-bond acceptors (Lipinski definition) is 3. The number of aryl methyl sites for hydroxylation is 2. The van der Waals surface area contributed by atoms with Gasteiger partial charge in [-0.25, -0.2) is 8.42 Å². The molecule has 2 rings (SSSR count). The molecule has 6 heteroatoms. The van der Waals surface area contributed by atoms with Crippen LogP contribution in [0.2, 0.25) is 0 Å². The van der Waals surface area contributed by atoms with Gasteiger partial charge < -0.3 is 4.98 Å². The van der Waals surface area contributed by atoms with E-state index in [0.717, 1.165) is 16.7 Å². The third-order valence-electron chi connectivity index (χ3n) is 3.37. The van der Waals surface area contributed by atoms with Crippen LogP contribution in [0.15, 0.2) is 46.3 Å². The largest absolute Gasteiger partial charge is 0.366 e. The van der Waals surface area contributed by atoms with Gasteiger partial charge in [-0.1, -0.05) is 23.8 Å². The van der Waals surface area contributed by atoms with E-state index in [-0.39, 0.29) is 11.4 Å². The lowest BCUT2D eigenvalue weighted by Gasteiger charge is -2.18. The number of hydrogen-bond donors (Lipinski definition) is 1. The van der Waals surface area contributed by atoms with Crippen molar-refractivity contribution in [3.05, 3.63) is 63.6 Å². The Morgan fingerprint density at radius 1 is 1.19 bits per heavy atom. The van der Waals surface area contributed by atoms with Gasteiger partial charge in [0.25, 0.3) is 0 Å². The monoisotopic (exact) mass is 306 g/mol. The average Bonchev–Trinajstić information content (AvgIpc) is 2.42. The number of sulfonamides is 1. The number of nitrogens with zero attached hydrogens (tertiary/aromatic N) is 1. The summed E-state index contributed by atoms with van der Waals surface area (Å²) in [6, 6.07) is 7.06. The molecule has 0 aliphatic heterocycles. The molecule has 0 bridgehead atoms. The van der Waals surface area contributed by atoms with Gasteiger partial charge in [0.15, 0.2) is 0 Å². The molecular formula is C15H18N2O3S. The molecule has 0 amide bonds. The highest BCUT2D eigenvalue weighted by atomic mass is 32.2. The molecule has 0 unspecified atom stereocenters. The molecule has 2 aromatic rings. The lowest BCUT2D eigenvalue weighted by atomic mass is 10.1. The van der Waals surface area contributed by atoms with Crippen LogP contribution in [0.1, 0.15) is 16.7 Å². The van der Waals surface area contributed by atoms with Gasteiger partial charge in [0.2, 0.25) is 15.5 Å². The van der Waals surface area contributed by atoms with E-state index < -0.39 is 15.5 Å². The van der Waals surface area contributed by atoms with Gasteiger partial charge in [0.05, 0.1) is 0 Å². The number of aromatic nitrogens is 1. The Morgan fingerprint density at radius 3 is 2.52 bits per heavy atom. The van der Waals surface area contributed by atoms with Crippen molar-refractivity contribution in [2.75, 3.05) is 7.05 Å². The summed E-state index contributed by atoms with van der Waals surface area (Å²) in [7, 11) is -2.33. The van der Waals surface area contributed by atoms with E-state index in [0.29, 0.717) is 0 Å². The number of H-pyrrole nitrogens is 1. The standard InChI is InChI=1S/C15H18N2O3S/c1-11-4-5-13(12(2)8-11)10-17(3)21(19,20)15-9-16-7-6-14(15)18/h4-9H,10H2,1-3H3,(H,16,18). The first-order valence-corrected chi connectivity index (χ1v) is 7.96. The van der Waals surface area contributed by atoms with Crippen LogP contribution in [0.25, 0.3) is 0 Å². The Hall–Kier alpha value is -1.92. The van der Waals surface area contributed by atoms with Crippen LogP contribution in [0, 0.1) is 13.8 Å². The van der Waals surface area contributed by atoms with Crippen LogP contribution < -0.4 is 5.43 Å². The Labute approximate surface area is 124 Å². The Balaban J connectivity index is 2.33. The van der Waals surface area contributed by atoms with Crippen molar-refractivity contribution >= 4 is 10.0 Å². The van der Waals surface area contributed by atoms with E-state index in [4.69, 9.17) is 0 Å². The maximum absolute atomic E-state index is 12.4. The second kappa shape index (κ2) is 5.83. The highest BCUT2D eigenvalue weighted by Gasteiger charge is 2.24. The van der Waals surface area contributed by atoms with Crippen LogP contribution in [0.3, 0.4) is 0 Å². The summed E-state index contributed by atoms with van der Waals surface area (Å²) in [6.45, 7) is 4.15. The fraction of sp³-hybridized carbons (Fsp3) is 0.267. The quantitative estimate of drug-likeness (QED) is 0.936. The fourth-order valence-corrected chi connectivity index (χ4v) is 3.30. The molecule has 1 heterocycles. The fourth-order valence-electron chi connectivity index (χ4n) is 2.12. The molecule has 0 aliphatic carbocycles. The lowest BCUT2D eigenvalue weighted by Crippen LogP contribution is -2.30. The van der Waals surface area contributed by atoms with Gasteiger partial charge in [-0.05, 0) is 25.0 Å². The normalized spacial score (nSPS) is 11.8. The van der Waals surface area contributed by atoms with Crippen LogP contribution in [0.4, 0.5) is 0 Å². The molecule has 0 saturated heterocycles. The SMILES string of the molecule is Cc1ccc(CN(C)S(=O)(=O)c2c[nH]ccc2=O)c(C)c1. The van der Waals surface area contributed by atoms with E-state index in [9.17, 15) is 13.2 Å². The minimum Gasteiger partial charge on any atom is -0.366 e. The first-order valence-electron chi connectivity index (χ1n) is 6.52. The average molecular weight is 306 g/mol. The van der Waals surface area contributed by atoms with Crippen LogP contribution in [-0.4, -0.2) is 24.8 Å². The molecule has 112 valence electrons. The molecule has 0 atom stereocenters. The second-order valence-corrected chi connectivity index (χ2v) is 7.08. The van der Waals surface area contributed by atoms with Crippen LogP contribution in [-0.2, 0) is 16.6 Å². The zero-order valence-electron chi connectivity index (χ0n) is 12.3. The zero-order valence-corrected chi connectivity index (χ0v) is 13.1. The number of aromatic amines is 1. The zero-order chi connectivity index (χ0) is 15.6. The number of nitrogens with one attached hydrogen (secondary N) is 1. The topological polar surface area (TPSA) is 70.2 Å². The summed E-state index contributed by atoms with van der Waals surface area (Å²) < 4.78 is 26.1. The van der Waals surface area contributed by atoms with Gasteiger partial charge >= 0.3 is 0 Å². The van der Waals surface area contributed by atoms with Crippen molar-refractivity contribution in [1.82, 2.24) is 9.29 Å². The summed E-state index contributed by atoms with van der Waals surface area (Å²) in [6.07, 6.45) is 2.63. The Kier molecular flexibility index (Phi) is 4.29. The molecule has 1 N–H and O–H groups in total. The molecule has 0 aliphatic rings. The first kappa shape index (κ1) is 15.5. The second-order valence-electron chi connectivity index (χ2n) is 5.06. The van der Waals surface area contributed by atoms with E-state index in [1.54, 1.807) is 0 Å². The van der Waals surface area contributed by atoms with Gasteiger partial charge in [-0.2, -0.15) is 4.31 Å². The summed E-state index contributed by atoms with van der Waals surface area (Å²) >= 11 is 0. The number of pyridine rings is 1. The molecule has 0 fully saturated rings. The summed E-state index contributed by atoms with van der Waals surface area (Å²) in [5, 5.41) is 0. The number of rotatable bonds is 4. The number of benzene rings is 1. The van der Waals surface area contributed by atoms with E-state index in [1.165, 1.54) is 29.8 Å². The molecule has 21 heavy (non-hydrogen) atoms. The molecule has 0 saturated carbocycles. The maximum atomic E-state index is 12.4. The Morgan fingerprint density at radius 2 is 1.90 bits per heavy atom. The van der Waals surface area contributed by atoms with E-state index >= 15 is 0 Å². The van der Waals surface area contributed by atoms with E-state index in [1.807, 2.05) is 32.0 Å². The van der Waals surface area contributed by atoms with Crippen LogP contribution >= 0.6 is 0 Å². The van der Waals surface area contributed by atoms with E-state index in [2.05, 4.69) is 4.98 Å². The first-order chi connectivity index (χ1) is 9.82. The summed E-state index contributed by atoms with van der Waals surface area (Å²) in [4.78, 5) is 14.1. The molecule has 0 spiro atoms. The molecule has 0 radical (unpaired) electrons. The maximum Gasteiger partial charge on any atom is 0.248 e. The van der Waals surface area contributed by atoms with Crippen LogP contribution in [0.5, 0.6) is 0 Å². The van der Waals surface area contributed by atoms with Crippen molar-refractivity contribution < 1.29 is 8.42 Å². The highest BCUT2D eigenvalue weighted by Crippen LogP contribution is 2.16. The lowest BCUT2D eigenvalue weighted by molar-refractivity contribution is 0.465. The third-order valence-corrected chi connectivity index (χ3v) is 5.19. The molecular weight excluding hydrogens is 288 g/mol. The summed E-state index contributed by atoms with van der Waals surface area (Å²) in [5.41, 5.74) is 2.56.